The Bertz CT molecular complexity index is 1840. The Kier molecular flexibility index (Phi) is 64.3. The van der Waals surface area contributed by atoms with Crippen molar-refractivity contribution < 1.29 is 42.9 Å². The average molecular weight is 1210 g/mol. The molecule has 2 atom stereocenters. The predicted octanol–water partition coefficient (Wildman–Crippen LogP) is 22.4. The molecular formula is C78H134NO8+. The van der Waals surface area contributed by atoms with Gasteiger partial charge >= 0.3 is 17.9 Å². The van der Waals surface area contributed by atoms with Crippen molar-refractivity contribution >= 4 is 17.9 Å². The number of ether oxygens (including phenoxy) is 4. The number of carboxylic acid groups (broad SMARTS) is 1. The SMILES string of the molecule is CC/C=C\C/C=C\C/C=C\C/C=C\C/C=C\C/C=C\C/C=C\C/C=C\CCCCCCCCCCC(=O)OC(COC(=O)CCCCCCCCCCCCCCCCCCC/C=C\C/C=C\CCCCCCC)COC(OCC[N+](C)(C)C)C(=O)O. The number of hydrogen-bond acceptors (Lipinski definition) is 7. The van der Waals surface area contributed by atoms with Gasteiger partial charge in [-0.1, -0.05) is 296 Å². The Labute approximate surface area is 536 Å². The zero-order valence-electron chi connectivity index (χ0n) is 56.9. The molecule has 0 aromatic carbocycles. The molecule has 9 nitrogen and oxygen atoms in total. The summed E-state index contributed by atoms with van der Waals surface area (Å²) in [7, 11) is 5.97. The Morgan fingerprint density at radius 2 is 0.655 bits per heavy atom. The van der Waals surface area contributed by atoms with E-state index in [1.165, 1.54) is 161 Å². The first kappa shape index (κ1) is 82.7. The van der Waals surface area contributed by atoms with Crippen molar-refractivity contribution in [3.8, 4) is 0 Å². The molecule has 0 aromatic heterocycles. The monoisotopic (exact) mass is 1210 g/mol. The molecule has 0 rings (SSSR count). The number of carbonyl (C=O) groups excluding carboxylic acids is 2. The molecule has 0 saturated carbocycles. The van der Waals surface area contributed by atoms with Crippen LogP contribution >= 0.6 is 0 Å². The largest absolute Gasteiger partial charge is 0.477 e. The molecule has 0 bridgehead atoms. The van der Waals surface area contributed by atoms with Gasteiger partial charge in [0.15, 0.2) is 6.10 Å². The van der Waals surface area contributed by atoms with Gasteiger partial charge in [-0.25, -0.2) is 4.79 Å². The lowest BCUT2D eigenvalue weighted by atomic mass is 10.0. The molecule has 0 aromatic rings. The smallest absolute Gasteiger partial charge is 0.361 e. The van der Waals surface area contributed by atoms with Crippen molar-refractivity contribution in [2.24, 2.45) is 0 Å². The van der Waals surface area contributed by atoms with Crippen LogP contribution in [-0.2, 0) is 33.3 Å². The van der Waals surface area contributed by atoms with Crippen LogP contribution in [0.25, 0.3) is 0 Å². The second-order valence-corrected chi connectivity index (χ2v) is 24.8. The summed E-state index contributed by atoms with van der Waals surface area (Å²) in [5.74, 6) is -2.01. The van der Waals surface area contributed by atoms with Crippen LogP contribution in [0.3, 0.4) is 0 Å². The summed E-state index contributed by atoms with van der Waals surface area (Å²) in [6.07, 6.45) is 93.1. The second-order valence-electron chi connectivity index (χ2n) is 24.8. The van der Waals surface area contributed by atoms with Crippen LogP contribution in [0.15, 0.2) is 122 Å². The molecule has 87 heavy (non-hydrogen) atoms. The maximum absolute atomic E-state index is 13.0. The molecule has 0 aliphatic heterocycles. The highest BCUT2D eigenvalue weighted by Crippen LogP contribution is 2.17. The maximum atomic E-state index is 13.0. The zero-order valence-corrected chi connectivity index (χ0v) is 56.9. The summed E-state index contributed by atoms with van der Waals surface area (Å²) < 4.78 is 23.0. The molecule has 0 saturated heterocycles. The van der Waals surface area contributed by atoms with E-state index in [0.717, 1.165) is 103 Å². The number of rotatable bonds is 65. The van der Waals surface area contributed by atoms with Crippen LogP contribution in [0.4, 0.5) is 0 Å². The van der Waals surface area contributed by atoms with Gasteiger partial charge in [-0.3, -0.25) is 9.59 Å². The Balaban J connectivity index is 4.16. The second kappa shape index (κ2) is 67.6. The third-order valence-corrected chi connectivity index (χ3v) is 15.2. The third kappa shape index (κ3) is 69.0. The van der Waals surface area contributed by atoms with Crippen molar-refractivity contribution in [3.05, 3.63) is 122 Å². The van der Waals surface area contributed by atoms with Gasteiger partial charge in [-0.05, 0) is 109 Å². The van der Waals surface area contributed by atoms with E-state index in [1.807, 2.05) is 21.1 Å². The minimum atomic E-state index is -1.52. The van der Waals surface area contributed by atoms with E-state index in [-0.39, 0.29) is 32.2 Å². The van der Waals surface area contributed by atoms with E-state index in [4.69, 9.17) is 18.9 Å². The highest BCUT2D eigenvalue weighted by molar-refractivity contribution is 5.71. The fourth-order valence-corrected chi connectivity index (χ4v) is 9.77. The molecule has 0 spiro atoms. The lowest BCUT2D eigenvalue weighted by Crippen LogP contribution is -2.40. The quantitative estimate of drug-likeness (QED) is 0.0211. The van der Waals surface area contributed by atoms with Crippen molar-refractivity contribution in [2.75, 3.05) is 47.5 Å². The molecule has 0 fully saturated rings. The molecule has 0 heterocycles. The normalized spacial score (nSPS) is 13.4. The molecule has 1 N–H and O–H groups in total. The number of esters is 2. The summed E-state index contributed by atoms with van der Waals surface area (Å²) >= 11 is 0. The minimum absolute atomic E-state index is 0.181. The molecule has 0 amide bonds. The lowest BCUT2D eigenvalue weighted by Gasteiger charge is -2.25. The zero-order chi connectivity index (χ0) is 63.3. The van der Waals surface area contributed by atoms with Gasteiger partial charge in [-0.15, -0.1) is 0 Å². The topological polar surface area (TPSA) is 108 Å². The Morgan fingerprint density at radius 3 is 0.977 bits per heavy atom. The molecule has 0 radical (unpaired) electrons. The van der Waals surface area contributed by atoms with E-state index in [0.29, 0.717) is 23.9 Å². The summed E-state index contributed by atoms with van der Waals surface area (Å²) in [6.45, 7) is 4.76. The molecular weight excluding hydrogens is 1080 g/mol. The standard InChI is InChI=1S/C78H133NO8/c1-6-8-10-12-14-16-18-20-22-24-26-28-30-32-34-36-37-38-39-41-43-45-47-49-51-53-55-57-59-61-63-65-67-69-76(81)87-74(73-86-78(77(82)83)84-71-70-79(3,4)5)72-85-75(80)68-66-64-62-60-58-56-54-52-50-48-46-44-42-40-35-33-31-29-27-25-23-21-19-17-15-13-11-9-7-2/h8,10,14,16,19-22,25-28,32,34,37-38,41,43,47,49,74,78H,6-7,9,11-13,15,17-18,23-24,29-31,33,35-36,39-40,42,44-46,48,50-73H2,1-5H3/p+1/b10-8-,16-14-,21-19-,22-20-,27-25-,28-26-,34-32-,38-37-,43-41-,49-47-. The number of carbonyl (C=O) groups is 3. The van der Waals surface area contributed by atoms with Gasteiger partial charge in [0.05, 0.1) is 34.4 Å². The number of allylic oxidation sites excluding steroid dienone is 20. The van der Waals surface area contributed by atoms with Crippen LogP contribution in [0, 0.1) is 0 Å². The van der Waals surface area contributed by atoms with Crippen LogP contribution < -0.4 is 0 Å². The summed E-state index contributed by atoms with van der Waals surface area (Å²) in [5.41, 5.74) is 0. The predicted molar refractivity (Wildman–Crippen MR) is 373 cm³/mol. The van der Waals surface area contributed by atoms with Gasteiger partial charge in [-0.2, -0.15) is 0 Å². The number of carboxylic acids is 1. The highest BCUT2D eigenvalue weighted by atomic mass is 16.7. The van der Waals surface area contributed by atoms with Gasteiger partial charge in [0.1, 0.15) is 13.2 Å². The molecule has 0 aliphatic rings. The fourth-order valence-electron chi connectivity index (χ4n) is 9.77. The lowest BCUT2D eigenvalue weighted by molar-refractivity contribution is -0.870. The van der Waals surface area contributed by atoms with E-state index in [9.17, 15) is 19.5 Å². The molecule has 9 heteroatoms. The number of quaternary nitrogens is 1. The van der Waals surface area contributed by atoms with Gasteiger partial charge in [0, 0.05) is 12.8 Å². The van der Waals surface area contributed by atoms with Crippen molar-refractivity contribution in [3.63, 3.8) is 0 Å². The Hall–Kier alpha value is -4.31. The van der Waals surface area contributed by atoms with Crippen LogP contribution in [0.1, 0.15) is 296 Å². The fraction of sp³-hybridized carbons (Fsp3) is 0.705. The van der Waals surface area contributed by atoms with E-state index in [1.54, 1.807) is 0 Å². The Morgan fingerprint density at radius 1 is 0.356 bits per heavy atom. The van der Waals surface area contributed by atoms with Gasteiger partial charge in [0.25, 0.3) is 6.29 Å². The van der Waals surface area contributed by atoms with Gasteiger partial charge < -0.3 is 28.5 Å². The van der Waals surface area contributed by atoms with E-state index in [2.05, 4.69) is 135 Å². The number of aliphatic carboxylic acids is 1. The molecule has 0 aliphatic carbocycles. The summed E-state index contributed by atoms with van der Waals surface area (Å²) in [4.78, 5) is 37.6. The van der Waals surface area contributed by atoms with Crippen molar-refractivity contribution in [2.45, 2.75) is 309 Å². The first-order valence-corrected chi connectivity index (χ1v) is 35.7. The van der Waals surface area contributed by atoms with Crippen LogP contribution in [0.2, 0.25) is 0 Å². The van der Waals surface area contributed by atoms with E-state index < -0.39 is 24.3 Å². The van der Waals surface area contributed by atoms with Crippen LogP contribution in [-0.4, -0.2) is 87.4 Å². The highest BCUT2D eigenvalue weighted by Gasteiger charge is 2.25. The van der Waals surface area contributed by atoms with Crippen molar-refractivity contribution in [1.29, 1.82) is 0 Å². The molecule has 2 unspecified atom stereocenters. The maximum Gasteiger partial charge on any atom is 0.361 e. The number of likely N-dealkylation sites (N-methyl/N-ethyl adjacent to an activating group) is 1. The average Bonchev–Trinajstić information content (AvgIpc) is 3.59. The van der Waals surface area contributed by atoms with Crippen molar-refractivity contribution in [1.82, 2.24) is 0 Å². The number of nitrogens with zero attached hydrogens (tertiary/aromatic N) is 1. The third-order valence-electron chi connectivity index (χ3n) is 15.2. The minimum Gasteiger partial charge on any atom is -0.477 e. The first-order valence-electron chi connectivity index (χ1n) is 35.7. The first-order chi connectivity index (χ1) is 42.6. The van der Waals surface area contributed by atoms with E-state index >= 15 is 0 Å². The summed E-state index contributed by atoms with van der Waals surface area (Å²) in [6, 6.07) is 0. The van der Waals surface area contributed by atoms with Crippen LogP contribution in [0.5, 0.6) is 0 Å². The molecule has 498 valence electrons. The number of unbranched alkanes of at least 4 members (excludes halogenated alkanes) is 30. The number of hydrogen-bond donors (Lipinski definition) is 1. The summed E-state index contributed by atoms with van der Waals surface area (Å²) in [5, 5.41) is 9.75. The van der Waals surface area contributed by atoms with Gasteiger partial charge in [0.2, 0.25) is 0 Å².